The van der Waals surface area contributed by atoms with Gasteiger partial charge in [0, 0.05) is 11.3 Å². The largest absolute Gasteiger partial charge is 0.503 e. The molecule has 1 heterocycles. The van der Waals surface area contributed by atoms with Crippen LogP contribution in [-0.2, 0) is 25.7 Å². The van der Waals surface area contributed by atoms with Crippen molar-refractivity contribution in [3.63, 3.8) is 0 Å². The van der Waals surface area contributed by atoms with E-state index < -0.39 is 5.97 Å². The fourth-order valence-corrected chi connectivity index (χ4v) is 2.59. The molecule has 0 aliphatic heterocycles. The summed E-state index contributed by atoms with van der Waals surface area (Å²) in [5.74, 6) is 0.359. The van der Waals surface area contributed by atoms with Crippen molar-refractivity contribution in [3.05, 3.63) is 58.7 Å². The lowest BCUT2D eigenvalue weighted by Crippen LogP contribution is -2.11. The van der Waals surface area contributed by atoms with Crippen LogP contribution in [-0.4, -0.2) is 43.0 Å². The number of aryl methyl sites for hydroxylation is 1. The summed E-state index contributed by atoms with van der Waals surface area (Å²) < 4.78 is 15.9. The second-order valence-corrected chi connectivity index (χ2v) is 6.13. The van der Waals surface area contributed by atoms with Gasteiger partial charge in [0.05, 0.1) is 20.5 Å². The Morgan fingerprint density at radius 2 is 1.86 bits per heavy atom. The van der Waals surface area contributed by atoms with Gasteiger partial charge in [0.25, 0.3) is 0 Å². The van der Waals surface area contributed by atoms with E-state index in [2.05, 4.69) is 15.1 Å². The van der Waals surface area contributed by atoms with Crippen molar-refractivity contribution in [2.75, 3.05) is 21.3 Å². The lowest BCUT2D eigenvalue weighted by atomic mass is 10.0. The Labute approximate surface area is 170 Å². The second-order valence-electron chi connectivity index (χ2n) is 6.13. The number of hydrogen-bond donors (Lipinski definition) is 0. The number of hydrogen-bond acceptors (Lipinski definition) is 8. The van der Waals surface area contributed by atoms with Crippen molar-refractivity contribution in [1.29, 1.82) is 0 Å². The van der Waals surface area contributed by atoms with Crippen LogP contribution in [0.5, 0.6) is 5.88 Å². The van der Waals surface area contributed by atoms with Crippen LogP contribution in [0.4, 0.5) is 0 Å². The number of oxime groups is 1. The molecule has 0 aliphatic carbocycles. The Morgan fingerprint density at radius 3 is 2.52 bits per heavy atom. The molecule has 0 saturated carbocycles. The first-order valence-corrected chi connectivity index (χ1v) is 8.88. The first kappa shape index (κ1) is 21.9. The molecule has 29 heavy (non-hydrogen) atoms. The number of methoxy groups -OCH3 is 2. The van der Waals surface area contributed by atoms with E-state index in [0.29, 0.717) is 28.6 Å². The van der Waals surface area contributed by atoms with Crippen LogP contribution in [0.15, 0.2) is 35.7 Å². The lowest BCUT2D eigenvalue weighted by molar-refractivity contribution is -0.133. The minimum Gasteiger partial charge on any atom is -0.503 e. The molecule has 154 valence electrons. The molecule has 0 atom stereocenters. The van der Waals surface area contributed by atoms with E-state index >= 15 is 0 Å². The molecule has 2 aromatic rings. The van der Waals surface area contributed by atoms with Crippen molar-refractivity contribution in [2.24, 2.45) is 5.16 Å². The predicted octanol–water partition coefficient (Wildman–Crippen LogP) is 3.20. The highest BCUT2D eigenvalue weighted by Gasteiger charge is 2.18. The van der Waals surface area contributed by atoms with Gasteiger partial charge in [-0.05, 0) is 31.9 Å². The predicted molar refractivity (Wildman–Crippen MR) is 109 cm³/mol. The Morgan fingerprint density at radius 1 is 1.14 bits per heavy atom. The maximum atomic E-state index is 12.2. The smallest absolute Gasteiger partial charge is 0.341 e. The van der Waals surface area contributed by atoms with Crippen LogP contribution >= 0.6 is 0 Å². The van der Waals surface area contributed by atoms with Crippen LogP contribution in [0, 0.1) is 13.8 Å². The molecule has 1 aromatic heterocycles. The molecular weight excluding hydrogens is 374 g/mol. The van der Waals surface area contributed by atoms with E-state index in [1.807, 2.05) is 32.0 Å². The number of carbonyl (C=O) groups is 1. The van der Waals surface area contributed by atoms with Gasteiger partial charge in [-0.25, -0.2) is 9.78 Å². The number of ether oxygens (including phenoxy) is 3. The van der Waals surface area contributed by atoms with Gasteiger partial charge >= 0.3 is 5.97 Å². The molecule has 0 fully saturated rings. The van der Waals surface area contributed by atoms with E-state index in [1.165, 1.54) is 27.6 Å². The molecule has 0 saturated heterocycles. The van der Waals surface area contributed by atoms with E-state index in [9.17, 15) is 4.79 Å². The summed E-state index contributed by atoms with van der Waals surface area (Å²) in [5.41, 5.74) is 3.86. The van der Waals surface area contributed by atoms with Gasteiger partial charge in [-0.3, -0.25) is 0 Å². The zero-order chi connectivity index (χ0) is 21.4. The third-order valence-corrected chi connectivity index (χ3v) is 4.21. The third-order valence-electron chi connectivity index (χ3n) is 4.21. The van der Waals surface area contributed by atoms with E-state index in [1.54, 1.807) is 13.0 Å². The SMILES string of the molecule is CO/C=C(\C(=O)OC)c1ccccc1COc1nc(/C(C)=N\OC)nc(C)c1C. The Balaban J connectivity index is 2.37. The molecule has 0 N–H and O–H groups in total. The molecule has 0 spiro atoms. The number of benzene rings is 1. The molecule has 2 rings (SSSR count). The number of carbonyl (C=O) groups excluding carboxylic acids is 1. The van der Waals surface area contributed by atoms with E-state index in [4.69, 9.17) is 19.0 Å². The average molecular weight is 399 g/mol. The van der Waals surface area contributed by atoms with Crippen molar-refractivity contribution >= 4 is 17.3 Å². The first-order valence-electron chi connectivity index (χ1n) is 8.88. The van der Waals surface area contributed by atoms with Crippen LogP contribution in [0.3, 0.4) is 0 Å². The van der Waals surface area contributed by atoms with Gasteiger partial charge in [-0.1, -0.05) is 29.4 Å². The van der Waals surface area contributed by atoms with Crippen LogP contribution < -0.4 is 4.74 Å². The van der Waals surface area contributed by atoms with Crippen LogP contribution in [0.25, 0.3) is 5.57 Å². The normalized spacial score (nSPS) is 11.8. The van der Waals surface area contributed by atoms with E-state index in [-0.39, 0.29) is 6.61 Å². The number of esters is 1. The highest BCUT2D eigenvalue weighted by atomic mass is 16.6. The Hall–Kier alpha value is -3.42. The standard InChI is InChI=1S/C21H25N3O5/c1-13-14(2)22-19(15(3)24-28-6)23-20(13)29-11-16-9-7-8-10-17(16)18(12-26-4)21(25)27-5/h7-10,12H,11H2,1-6H3/b18-12-,24-15-. The molecule has 8 heteroatoms. The highest BCUT2D eigenvalue weighted by molar-refractivity contribution is 6.16. The van der Waals surface area contributed by atoms with Gasteiger partial charge < -0.3 is 19.0 Å². The van der Waals surface area contributed by atoms with Crippen molar-refractivity contribution < 1.29 is 23.8 Å². The summed E-state index contributed by atoms with van der Waals surface area (Å²) in [6.07, 6.45) is 1.35. The fraction of sp³-hybridized carbons (Fsp3) is 0.333. The van der Waals surface area contributed by atoms with E-state index in [0.717, 1.165) is 16.8 Å². The number of aromatic nitrogens is 2. The minimum atomic E-state index is -0.498. The monoisotopic (exact) mass is 399 g/mol. The molecule has 1 aromatic carbocycles. The molecule has 0 unspecified atom stereocenters. The summed E-state index contributed by atoms with van der Waals surface area (Å²) in [4.78, 5) is 25.8. The van der Waals surface area contributed by atoms with Crippen molar-refractivity contribution in [2.45, 2.75) is 27.4 Å². The third kappa shape index (κ3) is 5.31. The van der Waals surface area contributed by atoms with Gasteiger partial charge in [0.1, 0.15) is 25.0 Å². The minimum absolute atomic E-state index is 0.186. The number of nitrogens with zero attached hydrogens (tertiary/aromatic N) is 3. The maximum Gasteiger partial charge on any atom is 0.341 e. The zero-order valence-corrected chi connectivity index (χ0v) is 17.5. The van der Waals surface area contributed by atoms with Gasteiger partial charge in [0.15, 0.2) is 5.82 Å². The van der Waals surface area contributed by atoms with Gasteiger partial charge in [-0.2, -0.15) is 4.98 Å². The summed E-state index contributed by atoms with van der Waals surface area (Å²) in [6, 6.07) is 7.36. The molecule has 8 nitrogen and oxygen atoms in total. The van der Waals surface area contributed by atoms with Crippen LogP contribution in [0.1, 0.15) is 35.1 Å². The molecular formula is C21H25N3O5. The zero-order valence-electron chi connectivity index (χ0n) is 17.5. The average Bonchev–Trinajstić information content (AvgIpc) is 2.72. The highest BCUT2D eigenvalue weighted by Crippen LogP contribution is 2.24. The summed E-state index contributed by atoms with van der Waals surface area (Å²) in [5, 5.41) is 3.87. The van der Waals surface area contributed by atoms with Gasteiger partial charge in [-0.15, -0.1) is 0 Å². The topological polar surface area (TPSA) is 92.1 Å². The molecule has 0 bridgehead atoms. The Bertz CT molecular complexity index is 938. The summed E-state index contributed by atoms with van der Waals surface area (Å²) in [7, 11) is 4.26. The van der Waals surface area contributed by atoms with Crippen LogP contribution in [0.2, 0.25) is 0 Å². The number of rotatable bonds is 8. The fourth-order valence-electron chi connectivity index (χ4n) is 2.59. The lowest BCUT2D eigenvalue weighted by Gasteiger charge is -2.14. The molecule has 0 radical (unpaired) electrons. The first-order chi connectivity index (χ1) is 13.9. The van der Waals surface area contributed by atoms with Gasteiger partial charge in [0.2, 0.25) is 5.88 Å². The Kier molecular flexibility index (Phi) is 7.70. The summed E-state index contributed by atoms with van der Waals surface area (Å²) >= 11 is 0. The van der Waals surface area contributed by atoms with Crippen molar-refractivity contribution in [3.8, 4) is 5.88 Å². The van der Waals surface area contributed by atoms with Crippen molar-refractivity contribution in [1.82, 2.24) is 9.97 Å². The second kappa shape index (κ2) is 10.2. The molecule has 0 amide bonds. The quantitative estimate of drug-likeness (QED) is 0.221. The summed E-state index contributed by atoms with van der Waals surface area (Å²) in [6.45, 7) is 5.70. The maximum absolute atomic E-state index is 12.2. The molecule has 0 aliphatic rings.